The molecule has 0 amide bonds. The number of hydrogen-bond acceptors (Lipinski definition) is 5. The Bertz CT molecular complexity index is 171. The first-order chi connectivity index (χ1) is 4.36. The molecule has 0 aliphatic rings. The lowest BCUT2D eigenvalue weighted by Crippen LogP contribution is -2.34. The van der Waals surface area contributed by atoms with Crippen LogP contribution in [0.4, 0.5) is 4.39 Å². The van der Waals surface area contributed by atoms with Crippen molar-refractivity contribution in [3.05, 3.63) is 20.2 Å². The lowest BCUT2D eigenvalue weighted by Gasteiger charge is -2.03. The normalized spacial score (nSPS) is 15.8. The molecule has 0 spiro atoms. The monoisotopic (exact) mass is 170 g/mol. The van der Waals surface area contributed by atoms with Gasteiger partial charge < -0.3 is 0 Å². The Balaban J connectivity index is 4.13. The number of rotatable bonds is 3. The van der Waals surface area contributed by atoms with Crippen molar-refractivity contribution >= 4 is 12.6 Å². The van der Waals surface area contributed by atoms with E-state index in [2.05, 4.69) is 12.6 Å². The molecule has 0 saturated heterocycles. The van der Waals surface area contributed by atoms with Crippen LogP contribution in [-0.2, 0) is 0 Å². The number of thiol groups is 1. The summed E-state index contributed by atoms with van der Waals surface area (Å²) in [5.41, 5.74) is 0. The van der Waals surface area contributed by atoms with E-state index in [0.717, 1.165) is 0 Å². The zero-order valence-electron chi connectivity index (χ0n) is 4.56. The zero-order chi connectivity index (χ0) is 8.36. The highest BCUT2D eigenvalue weighted by Crippen LogP contribution is 2.16. The van der Waals surface area contributed by atoms with Gasteiger partial charge in [-0.15, -0.1) is 4.39 Å². The standard InChI is InChI=1S/C2H3FN2O4S/c3-2(10,5(8)9)1-4(6)7/h10H,1H2. The first kappa shape index (κ1) is 9.08. The molecular weight excluding hydrogens is 167 g/mol. The lowest BCUT2D eigenvalue weighted by atomic mass is 10.6. The highest BCUT2D eigenvalue weighted by molar-refractivity contribution is 7.81. The van der Waals surface area contributed by atoms with E-state index in [1.165, 1.54) is 0 Å². The molecule has 10 heavy (non-hydrogen) atoms. The molecule has 0 heterocycles. The molecule has 0 saturated carbocycles. The molecular formula is C2H3FN2O4S. The highest BCUT2D eigenvalue weighted by Gasteiger charge is 2.44. The quantitative estimate of drug-likeness (QED) is 0.214. The van der Waals surface area contributed by atoms with Crippen molar-refractivity contribution in [1.82, 2.24) is 0 Å². The van der Waals surface area contributed by atoms with Crippen LogP contribution in [0.15, 0.2) is 0 Å². The summed E-state index contributed by atoms with van der Waals surface area (Å²) in [6.45, 7) is -1.44. The molecule has 1 atom stereocenters. The second-order valence-electron chi connectivity index (χ2n) is 1.47. The molecule has 0 aliphatic carbocycles. The van der Waals surface area contributed by atoms with Crippen LogP contribution < -0.4 is 0 Å². The fourth-order valence-corrected chi connectivity index (χ4v) is 0.337. The Morgan fingerprint density at radius 2 is 1.90 bits per heavy atom. The fourth-order valence-electron chi connectivity index (χ4n) is 0.222. The van der Waals surface area contributed by atoms with Gasteiger partial charge in [0.15, 0.2) is 0 Å². The van der Waals surface area contributed by atoms with Gasteiger partial charge in [0.1, 0.15) is 0 Å². The molecule has 58 valence electrons. The van der Waals surface area contributed by atoms with Gasteiger partial charge in [0.2, 0.25) is 0 Å². The maximum absolute atomic E-state index is 12.2. The molecule has 0 aromatic carbocycles. The van der Waals surface area contributed by atoms with Crippen molar-refractivity contribution in [3.8, 4) is 0 Å². The Morgan fingerprint density at radius 3 is 2.00 bits per heavy atom. The van der Waals surface area contributed by atoms with Crippen LogP contribution in [0.5, 0.6) is 0 Å². The van der Waals surface area contributed by atoms with Crippen LogP contribution >= 0.6 is 12.6 Å². The predicted octanol–water partition coefficient (Wildman–Crippen LogP) is 0.0929. The van der Waals surface area contributed by atoms with Crippen LogP contribution in [0.2, 0.25) is 0 Å². The molecule has 0 rings (SSSR count). The third-order valence-electron chi connectivity index (χ3n) is 0.610. The molecule has 0 aromatic rings. The molecule has 1 unspecified atom stereocenters. The number of nitro groups is 2. The molecule has 0 bridgehead atoms. The molecule has 0 radical (unpaired) electrons. The van der Waals surface area contributed by atoms with Crippen molar-refractivity contribution in [2.75, 3.05) is 6.54 Å². The smallest absolute Gasteiger partial charge is 0.264 e. The summed E-state index contributed by atoms with van der Waals surface area (Å²) in [7, 11) is 0. The van der Waals surface area contributed by atoms with Crippen LogP contribution in [-0.4, -0.2) is 21.5 Å². The highest BCUT2D eigenvalue weighted by atomic mass is 32.1. The maximum atomic E-state index is 12.2. The van der Waals surface area contributed by atoms with Crippen LogP contribution in [0.1, 0.15) is 0 Å². The summed E-state index contributed by atoms with van der Waals surface area (Å²) in [4.78, 5) is 16.5. The number of halogens is 1. The second kappa shape index (κ2) is 2.78. The predicted molar refractivity (Wildman–Crippen MR) is 31.7 cm³/mol. The summed E-state index contributed by atoms with van der Waals surface area (Å²) in [6.07, 6.45) is 0. The van der Waals surface area contributed by atoms with Crippen LogP contribution in [0.3, 0.4) is 0 Å². The minimum Gasteiger partial charge on any atom is -0.264 e. The van der Waals surface area contributed by atoms with Crippen LogP contribution in [0.25, 0.3) is 0 Å². The number of hydrogen-bond donors (Lipinski definition) is 1. The van der Waals surface area contributed by atoms with E-state index < -0.39 is 21.5 Å². The van der Waals surface area contributed by atoms with Gasteiger partial charge in [0.25, 0.3) is 0 Å². The van der Waals surface area contributed by atoms with Crippen molar-refractivity contribution in [3.63, 3.8) is 0 Å². The van der Waals surface area contributed by atoms with E-state index in [4.69, 9.17) is 0 Å². The molecule has 0 fully saturated rings. The van der Waals surface area contributed by atoms with Gasteiger partial charge in [-0.05, 0) is 0 Å². The first-order valence-corrected chi connectivity index (χ1v) is 2.48. The van der Waals surface area contributed by atoms with Gasteiger partial charge >= 0.3 is 11.7 Å². The zero-order valence-corrected chi connectivity index (χ0v) is 5.45. The van der Waals surface area contributed by atoms with E-state index in [1.807, 2.05) is 0 Å². The third-order valence-corrected chi connectivity index (χ3v) is 0.915. The largest absolute Gasteiger partial charge is 0.467 e. The maximum Gasteiger partial charge on any atom is 0.467 e. The summed E-state index contributed by atoms with van der Waals surface area (Å²) < 4.78 is 12.2. The number of nitrogens with zero attached hydrogens (tertiary/aromatic N) is 2. The molecule has 0 N–H and O–H groups in total. The lowest BCUT2D eigenvalue weighted by molar-refractivity contribution is -0.626. The van der Waals surface area contributed by atoms with Crippen molar-refractivity contribution in [1.29, 1.82) is 0 Å². The molecule has 0 aromatic heterocycles. The first-order valence-electron chi connectivity index (χ1n) is 2.04. The van der Waals surface area contributed by atoms with Crippen molar-refractivity contribution < 1.29 is 14.2 Å². The fraction of sp³-hybridized carbons (Fsp3) is 1.00. The van der Waals surface area contributed by atoms with Gasteiger partial charge in [-0.3, -0.25) is 20.2 Å². The Kier molecular flexibility index (Phi) is 2.52. The summed E-state index contributed by atoms with van der Waals surface area (Å²) in [6, 6.07) is 0. The molecule has 8 heteroatoms. The van der Waals surface area contributed by atoms with E-state index >= 15 is 0 Å². The second-order valence-corrected chi connectivity index (χ2v) is 2.15. The summed E-state index contributed by atoms with van der Waals surface area (Å²) in [5, 5.41) is 15.9. The van der Waals surface area contributed by atoms with Crippen LogP contribution in [0, 0.1) is 20.2 Å². The van der Waals surface area contributed by atoms with Crippen molar-refractivity contribution in [2.45, 2.75) is 5.12 Å². The number of alkyl halides is 1. The average molecular weight is 170 g/mol. The van der Waals surface area contributed by atoms with Crippen molar-refractivity contribution in [2.24, 2.45) is 0 Å². The van der Waals surface area contributed by atoms with Gasteiger partial charge in [0.05, 0.1) is 4.92 Å². The Labute approximate surface area is 59.7 Å². The topological polar surface area (TPSA) is 86.3 Å². The average Bonchev–Trinajstić information content (AvgIpc) is 1.60. The van der Waals surface area contributed by atoms with E-state index in [9.17, 15) is 24.6 Å². The van der Waals surface area contributed by atoms with Gasteiger partial charge in [-0.1, -0.05) is 12.6 Å². The Hall–Kier alpha value is -0.920. The third kappa shape index (κ3) is 2.58. The van der Waals surface area contributed by atoms with E-state index in [-0.39, 0.29) is 0 Å². The van der Waals surface area contributed by atoms with Gasteiger partial charge in [-0.25, -0.2) is 0 Å². The summed E-state index contributed by atoms with van der Waals surface area (Å²) in [5.74, 6) is 0. The minimum atomic E-state index is -3.26. The SMILES string of the molecule is O=[N+]([O-])CC(F)(S)[N+](=O)[O-]. The summed E-state index contributed by atoms with van der Waals surface area (Å²) >= 11 is 2.81. The van der Waals surface area contributed by atoms with Gasteiger partial charge in [-0.2, -0.15) is 0 Å². The van der Waals surface area contributed by atoms with E-state index in [1.54, 1.807) is 0 Å². The van der Waals surface area contributed by atoms with Gasteiger partial charge in [0, 0.05) is 4.92 Å². The minimum absolute atomic E-state index is 1.14. The molecule has 6 nitrogen and oxygen atoms in total. The Morgan fingerprint density at radius 1 is 1.50 bits per heavy atom. The molecule has 0 aliphatic heterocycles. The van der Waals surface area contributed by atoms with E-state index in [0.29, 0.717) is 0 Å².